The Morgan fingerprint density at radius 3 is 2.77 bits per heavy atom. The second kappa shape index (κ2) is 6.70. The molecule has 1 fully saturated rings. The molecule has 8 nitrogen and oxygen atoms in total. The molecule has 3 aromatic rings. The maximum Gasteiger partial charge on any atom is 0.284 e. The molecule has 0 radical (unpaired) electrons. The van der Waals surface area contributed by atoms with E-state index in [4.69, 9.17) is 0 Å². The van der Waals surface area contributed by atoms with Gasteiger partial charge in [-0.1, -0.05) is 17.3 Å². The average molecular weight is 352 g/mol. The minimum Gasteiger partial charge on any atom is -0.341 e. The predicted octanol–water partition coefficient (Wildman–Crippen LogP) is 1.30. The Morgan fingerprint density at radius 2 is 2.00 bits per heavy atom. The zero-order valence-electron chi connectivity index (χ0n) is 14.6. The van der Waals surface area contributed by atoms with Crippen LogP contribution in [0, 0.1) is 6.92 Å². The van der Waals surface area contributed by atoms with Crippen molar-refractivity contribution in [1.82, 2.24) is 29.4 Å². The Balaban J connectivity index is 1.66. The van der Waals surface area contributed by atoms with E-state index in [2.05, 4.69) is 15.3 Å². The fraction of sp³-hybridized carbons (Fsp3) is 0.389. The largest absolute Gasteiger partial charge is 0.341 e. The van der Waals surface area contributed by atoms with Crippen molar-refractivity contribution in [2.24, 2.45) is 0 Å². The Kier molecular flexibility index (Phi) is 4.24. The quantitative estimate of drug-likeness (QED) is 0.709. The van der Waals surface area contributed by atoms with Gasteiger partial charge in [-0.05, 0) is 43.9 Å². The molecular formula is C18H20N6O2. The molecule has 0 spiro atoms. The molecule has 0 atom stereocenters. The first-order valence-corrected chi connectivity index (χ1v) is 8.79. The normalized spacial score (nSPS) is 14.7. The maximum atomic E-state index is 12.7. The highest BCUT2D eigenvalue weighted by molar-refractivity contribution is 5.77. The summed E-state index contributed by atoms with van der Waals surface area (Å²) in [5, 5.41) is 8.07. The lowest BCUT2D eigenvalue weighted by molar-refractivity contribution is -0.132. The summed E-state index contributed by atoms with van der Waals surface area (Å²) in [7, 11) is 0. The van der Waals surface area contributed by atoms with Gasteiger partial charge in [0.1, 0.15) is 12.9 Å². The zero-order valence-corrected chi connectivity index (χ0v) is 14.6. The third-order valence-corrected chi connectivity index (χ3v) is 4.69. The van der Waals surface area contributed by atoms with Gasteiger partial charge in [0.05, 0.1) is 5.69 Å². The molecule has 3 heterocycles. The topological polar surface area (TPSA) is 85.9 Å². The van der Waals surface area contributed by atoms with Crippen molar-refractivity contribution in [3.8, 4) is 5.69 Å². The van der Waals surface area contributed by atoms with Gasteiger partial charge in [0, 0.05) is 13.1 Å². The second-order valence-corrected chi connectivity index (χ2v) is 6.63. The summed E-state index contributed by atoms with van der Waals surface area (Å²) in [6.45, 7) is 3.48. The highest BCUT2D eigenvalue weighted by Gasteiger charge is 2.19. The summed E-state index contributed by atoms with van der Waals surface area (Å²) >= 11 is 0. The molecule has 1 saturated heterocycles. The Labute approximate surface area is 150 Å². The lowest BCUT2D eigenvalue weighted by Crippen LogP contribution is -2.39. The van der Waals surface area contributed by atoms with Gasteiger partial charge in [0.15, 0.2) is 11.2 Å². The molecule has 0 unspecified atom stereocenters. The summed E-state index contributed by atoms with van der Waals surface area (Å²) in [6.07, 6.45) is 4.59. The van der Waals surface area contributed by atoms with Crippen LogP contribution in [-0.4, -0.2) is 48.4 Å². The van der Waals surface area contributed by atoms with Gasteiger partial charge >= 0.3 is 0 Å². The van der Waals surface area contributed by atoms with Crippen molar-refractivity contribution in [2.75, 3.05) is 13.1 Å². The average Bonchev–Trinajstić information content (AvgIpc) is 3.09. The van der Waals surface area contributed by atoms with Gasteiger partial charge < -0.3 is 4.90 Å². The zero-order chi connectivity index (χ0) is 18.1. The molecule has 0 saturated carbocycles. The van der Waals surface area contributed by atoms with Crippen molar-refractivity contribution < 1.29 is 4.79 Å². The number of amides is 1. The minimum absolute atomic E-state index is 0.0148. The van der Waals surface area contributed by atoms with Crippen LogP contribution in [-0.2, 0) is 11.3 Å². The predicted molar refractivity (Wildman–Crippen MR) is 96.1 cm³/mol. The number of carbonyl (C=O) groups excluding carboxylic acids is 1. The first-order chi connectivity index (χ1) is 12.6. The Bertz CT molecular complexity index is 1020. The van der Waals surface area contributed by atoms with E-state index in [-0.39, 0.29) is 23.5 Å². The Morgan fingerprint density at radius 1 is 1.19 bits per heavy atom. The lowest BCUT2D eigenvalue weighted by Gasteiger charge is -2.26. The molecular weight excluding hydrogens is 332 g/mol. The number of hydrogen-bond donors (Lipinski definition) is 0. The smallest absolute Gasteiger partial charge is 0.284 e. The van der Waals surface area contributed by atoms with Crippen molar-refractivity contribution in [3.63, 3.8) is 0 Å². The van der Waals surface area contributed by atoms with Crippen LogP contribution in [0.3, 0.4) is 0 Å². The number of rotatable bonds is 3. The third-order valence-electron chi connectivity index (χ3n) is 4.69. The summed E-state index contributed by atoms with van der Waals surface area (Å²) < 4.78 is 2.86. The fourth-order valence-electron chi connectivity index (χ4n) is 3.28. The molecule has 0 aliphatic carbocycles. The third kappa shape index (κ3) is 2.98. The van der Waals surface area contributed by atoms with Crippen molar-refractivity contribution >= 4 is 17.1 Å². The molecule has 134 valence electrons. The first-order valence-electron chi connectivity index (χ1n) is 8.79. The molecule has 4 rings (SSSR count). The number of piperidine rings is 1. The van der Waals surface area contributed by atoms with Crippen LogP contribution in [0.4, 0.5) is 0 Å². The molecule has 1 amide bonds. The number of fused-ring (bicyclic) bond motifs is 1. The lowest BCUT2D eigenvalue weighted by atomic mass is 10.1. The molecule has 8 heteroatoms. The van der Waals surface area contributed by atoms with Crippen LogP contribution in [0.15, 0.2) is 35.4 Å². The highest BCUT2D eigenvalue weighted by atomic mass is 16.2. The number of aromatic nitrogens is 5. The van der Waals surface area contributed by atoms with Crippen molar-refractivity contribution in [2.45, 2.75) is 32.7 Å². The highest BCUT2D eigenvalue weighted by Crippen LogP contribution is 2.13. The monoisotopic (exact) mass is 352 g/mol. The number of likely N-dealkylation sites (tertiary alicyclic amines) is 1. The van der Waals surface area contributed by atoms with Crippen LogP contribution in [0.25, 0.3) is 16.9 Å². The van der Waals surface area contributed by atoms with Crippen molar-refractivity contribution in [1.29, 1.82) is 0 Å². The second-order valence-electron chi connectivity index (χ2n) is 6.63. The van der Waals surface area contributed by atoms with Crippen LogP contribution in [0.2, 0.25) is 0 Å². The number of nitrogens with zero attached hydrogens (tertiary/aromatic N) is 6. The summed E-state index contributed by atoms with van der Waals surface area (Å²) in [5.41, 5.74) is 2.08. The SMILES string of the molecule is Cc1cccc(-n2nnc3c(=O)n(CC(=O)N4CCCCC4)cnc32)c1. The van der Waals surface area contributed by atoms with E-state index in [1.165, 1.54) is 10.9 Å². The van der Waals surface area contributed by atoms with Crippen LogP contribution in [0.5, 0.6) is 0 Å². The molecule has 26 heavy (non-hydrogen) atoms. The number of benzene rings is 1. The van der Waals surface area contributed by atoms with E-state index >= 15 is 0 Å². The molecule has 0 N–H and O–H groups in total. The molecule has 1 aliphatic rings. The van der Waals surface area contributed by atoms with E-state index in [1.54, 1.807) is 4.68 Å². The number of carbonyl (C=O) groups is 1. The van der Waals surface area contributed by atoms with Crippen LogP contribution in [0.1, 0.15) is 24.8 Å². The van der Waals surface area contributed by atoms with Gasteiger partial charge in [-0.2, -0.15) is 4.68 Å². The first kappa shape index (κ1) is 16.4. The van der Waals surface area contributed by atoms with E-state index in [1.807, 2.05) is 36.1 Å². The standard InChI is InChI=1S/C18H20N6O2/c1-13-6-5-7-14(10-13)24-17-16(20-21-24)18(26)23(12-19-17)11-15(25)22-8-3-2-4-9-22/h5-7,10,12H,2-4,8-9,11H2,1H3. The van der Waals surface area contributed by atoms with Gasteiger partial charge in [-0.25, -0.2) is 4.98 Å². The minimum atomic E-state index is -0.348. The number of aryl methyl sites for hydroxylation is 1. The molecule has 1 aliphatic heterocycles. The van der Waals surface area contributed by atoms with Gasteiger partial charge in [-0.3, -0.25) is 14.2 Å². The fourth-order valence-corrected chi connectivity index (χ4v) is 3.28. The van der Waals surface area contributed by atoms with E-state index in [0.717, 1.165) is 43.6 Å². The summed E-state index contributed by atoms with van der Waals surface area (Å²) in [4.78, 5) is 31.3. The van der Waals surface area contributed by atoms with E-state index in [0.29, 0.717) is 5.65 Å². The van der Waals surface area contributed by atoms with Crippen LogP contribution < -0.4 is 5.56 Å². The summed E-state index contributed by atoms with van der Waals surface area (Å²) in [6, 6.07) is 7.72. The molecule has 2 aromatic heterocycles. The van der Waals surface area contributed by atoms with Gasteiger partial charge in [0.2, 0.25) is 5.91 Å². The van der Waals surface area contributed by atoms with Gasteiger partial charge in [-0.15, -0.1) is 5.10 Å². The number of hydrogen-bond acceptors (Lipinski definition) is 5. The van der Waals surface area contributed by atoms with Crippen molar-refractivity contribution in [3.05, 3.63) is 46.5 Å². The summed E-state index contributed by atoms with van der Waals surface area (Å²) in [5.74, 6) is -0.0565. The Hall–Kier alpha value is -3.03. The van der Waals surface area contributed by atoms with E-state index < -0.39 is 0 Å². The van der Waals surface area contributed by atoms with Gasteiger partial charge in [0.25, 0.3) is 5.56 Å². The molecule has 1 aromatic carbocycles. The maximum absolute atomic E-state index is 12.7. The molecule has 0 bridgehead atoms. The van der Waals surface area contributed by atoms with Crippen LogP contribution >= 0.6 is 0 Å². The van der Waals surface area contributed by atoms with E-state index in [9.17, 15) is 9.59 Å².